The Kier molecular flexibility index (Phi) is 17.9. The highest BCUT2D eigenvalue weighted by molar-refractivity contribution is 9.10. The highest BCUT2D eigenvalue weighted by Gasteiger charge is 2.32. The molecular formula is C64H48BrClF3N9O6S3. The van der Waals surface area contributed by atoms with Gasteiger partial charge in [-0.2, -0.15) is 13.2 Å². The van der Waals surface area contributed by atoms with Crippen LogP contribution >= 0.6 is 27.5 Å². The maximum absolute atomic E-state index is 13.2. The van der Waals surface area contributed by atoms with E-state index in [0.29, 0.717) is 55.8 Å². The Morgan fingerprint density at radius 1 is 0.402 bits per heavy atom. The third-order valence-corrected chi connectivity index (χ3v) is 17.3. The van der Waals surface area contributed by atoms with Crippen molar-refractivity contribution in [3.05, 3.63) is 249 Å². The van der Waals surface area contributed by atoms with Crippen molar-refractivity contribution < 1.29 is 38.4 Å². The van der Waals surface area contributed by atoms with Gasteiger partial charge in [0.1, 0.15) is 17.5 Å². The Labute approximate surface area is 511 Å². The third kappa shape index (κ3) is 14.8. The van der Waals surface area contributed by atoms with Gasteiger partial charge in [-0.15, -0.1) is 0 Å². The van der Waals surface area contributed by atoms with Gasteiger partial charge < -0.3 is 15.0 Å². The maximum atomic E-state index is 13.2. The monoisotopic (exact) mass is 1310 g/mol. The van der Waals surface area contributed by atoms with Crippen LogP contribution in [-0.4, -0.2) is 55.2 Å². The molecule has 0 spiro atoms. The first kappa shape index (κ1) is 61.0. The van der Waals surface area contributed by atoms with Crippen molar-refractivity contribution in [3.63, 3.8) is 0 Å². The fourth-order valence-electron chi connectivity index (χ4n) is 9.31. The molecule has 0 amide bonds. The molecule has 438 valence electrons. The number of aromatic nitrogens is 6. The van der Waals surface area contributed by atoms with Gasteiger partial charge in [0, 0.05) is 26.2 Å². The average molecular weight is 1310 g/mol. The first-order chi connectivity index (χ1) is 41.5. The minimum absolute atomic E-state index is 0.00209. The van der Waals surface area contributed by atoms with E-state index in [-0.39, 0.29) is 20.2 Å². The van der Waals surface area contributed by atoms with Crippen LogP contribution in [-0.2, 0) is 36.2 Å². The Balaban J connectivity index is 0.000000145. The van der Waals surface area contributed by atoms with Gasteiger partial charge in [-0.3, -0.25) is 0 Å². The van der Waals surface area contributed by atoms with E-state index in [2.05, 4.69) is 45.8 Å². The molecule has 12 aromatic rings. The van der Waals surface area contributed by atoms with Gasteiger partial charge in [0.25, 0.3) is 0 Å². The van der Waals surface area contributed by atoms with Crippen molar-refractivity contribution in [2.75, 3.05) is 0 Å². The number of hydrogen-bond acceptors (Lipinski definition) is 9. The molecule has 15 nitrogen and oxygen atoms in total. The summed E-state index contributed by atoms with van der Waals surface area (Å²) in [4.78, 5) is 23.2. The fraction of sp³-hybridized carbons (Fsp3) is 0.0156. The molecule has 0 saturated carbocycles. The fourth-order valence-corrected chi connectivity index (χ4v) is 12.2. The Hall–Kier alpha value is -9.10. The lowest BCUT2D eigenvalue weighted by atomic mass is 10.1. The number of primary sulfonamides is 3. The zero-order valence-corrected chi connectivity index (χ0v) is 49.9. The second-order valence-electron chi connectivity index (χ2n) is 19.3. The second kappa shape index (κ2) is 25.5. The summed E-state index contributed by atoms with van der Waals surface area (Å²) in [7, 11) is -11.6. The standard InChI is InChI=1S/C22H16F3N3O2S.C21H16BrN3O2S.C21H16ClN3O2S/c23-22(24,25)17-7-3-1-5-14(17)10-12-21-27-18-11-9-15(13-19(18)28-21)16-6-2-4-8-20(16)31(26,29)30;2*22-17-7-3-1-5-14(17)10-12-21-24-18-11-9-15(13-19(18)25-21)16-6-2-4-8-20(16)28(23,26)27/h1-13H,(H,27,28)(H2,26,29,30);2*1-13H,(H,24,25)(H2,23,26,27)/b3*12-10+. The number of nitrogens with one attached hydrogen (secondary N) is 3. The predicted molar refractivity (Wildman–Crippen MR) is 343 cm³/mol. The van der Waals surface area contributed by atoms with Crippen LogP contribution in [0.1, 0.15) is 39.7 Å². The SMILES string of the molecule is NS(=O)(=O)c1ccccc1-c1ccc2nc(/C=C/c3ccccc3Br)[nH]c2c1.NS(=O)(=O)c1ccccc1-c1ccc2nc(/C=C/c3ccccc3C(F)(F)F)[nH]c2c1.NS(=O)(=O)c1ccccc1-c1ccc2nc(/C=C/c3ccccc3Cl)[nH]c2c1. The first-order valence-electron chi connectivity index (χ1n) is 26.0. The molecule has 0 atom stereocenters. The lowest BCUT2D eigenvalue weighted by molar-refractivity contribution is -0.137. The van der Waals surface area contributed by atoms with E-state index in [1.165, 1.54) is 48.6 Å². The molecule has 0 unspecified atom stereocenters. The highest BCUT2D eigenvalue weighted by atomic mass is 79.9. The summed E-state index contributed by atoms with van der Waals surface area (Å²) >= 11 is 9.69. The van der Waals surface area contributed by atoms with Gasteiger partial charge in [-0.25, -0.2) is 55.6 Å². The number of nitrogens with zero attached hydrogens (tertiary/aromatic N) is 3. The van der Waals surface area contributed by atoms with Crippen molar-refractivity contribution in [2.24, 2.45) is 15.4 Å². The summed E-state index contributed by atoms with van der Waals surface area (Å²) < 4.78 is 112. The lowest BCUT2D eigenvalue weighted by Crippen LogP contribution is -2.13. The predicted octanol–water partition coefficient (Wildman–Crippen LogP) is 14.6. The van der Waals surface area contributed by atoms with Crippen molar-refractivity contribution in [1.29, 1.82) is 0 Å². The Morgan fingerprint density at radius 2 is 0.724 bits per heavy atom. The molecule has 0 aliphatic rings. The number of sulfonamides is 3. The van der Waals surface area contributed by atoms with Crippen LogP contribution in [0.5, 0.6) is 0 Å². The maximum Gasteiger partial charge on any atom is 0.416 e. The minimum atomic E-state index is -4.46. The minimum Gasteiger partial charge on any atom is -0.338 e. The summed E-state index contributed by atoms with van der Waals surface area (Å²) in [6.45, 7) is 0. The molecular weight excluding hydrogens is 1260 g/mol. The number of rotatable bonds is 12. The summed E-state index contributed by atoms with van der Waals surface area (Å²) in [6, 6.07) is 56.7. The Morgan fingerprint density at radius 3 is 1.10 bits per heavy atom. The van der Waals surface area contributed by atoms with Crippen LogP contribution in [0, 0.1) is 0 Å². The largest absolute Gasteiger partial charge is 0.416 e. The first-order valence-corrected chi connectivity index (χ1v) is 31.8. The number of alkyl halides is 3. The molecule has 0 radical (unpaired) electrons. The van der Waals surface area contributed by atoms with Crippen LogP contribution in [0.15, 0.2) is 219 Å². The number of benzene rings is 9. The van der Waals surface area contributed by atoms with Crippen molar-refractivity contribution in [3.8, 4) is 33.4 Å². The van der Waals surface area contributed by atoms with Crippen molar-refractivity contribution in [1.82, 2.24) is 29.9 Å². The van der Waals surface area contributed by atoms with E-state index in [4.69, 9.17) is 27.0 Å². The number of fused-ring (bicyclic) bond motifs is 3. The summed E-state index contributed by atoms with van der Waals surface area (Å²) in [5.74, 6) is 1.75. The van der Waals surface area contributed by atoms with Crippen LogP contribution in [0.2, 0.25) is 5.02 Å². The molecule has 0 bridgehead atoms. The van der Waals surface area contributed by atoms with Gasteiger partial charge in [-0.1, -0.05) is 167 Å². The van der Waals surface area contributed by atoms with E-state index in [1.54, 1.807) is 72.8 Å². The molecule has 3 aromatic heterocycles. The van der Waals surface area contributed by atoms with Crippen molar-refractivity contribution >= 4 is 127 Å². The topological polar surface area (TPSA) is 267 Å². The molecule has 23 heteroatoms. The van der Waals surface area contributed by atoms with E-state index < -0.39 is 41.8 Å². The average Bonchev–Trinajstić information content (AvgIpc) is 2.51. The smallest absolute Gasteiger partial charge is 0.338 e. The third-order valence-electron chi connectivity index (χ3n) is 13.4. The highest BCUT2D eigenvalue weighted by Crippen LogP contribution is 2.35. The molecule has 9 aromatic carbocycles. The lowest BCUT2D eigenvalue weighted by Gasteiger charge is -2.09. The second-order valence-corrected chi connectivity index (χ2v) is 25.2. The van der Waals surface area contributed by atoms with Gasteiger partial charge in [0.2, 0.25) is 30.1 Å². The number of aromatic amines is 3. The number of H-pyrrole nitrogens is 3. The van der Waals surface area contributed by atoms with Gasteiger partial charge >= 0.3 is 6.18 Å². The summed E-state index contributed by atoms with van der Waals surface area (Å²) in [5.41, 5.74) is 9.25. The van der Waals surface area contributed by atoms with Crippen LogP contribution in [0.3, 0.4) is 0 Å². The van der Waals surface area contributed by atoms with Gasteiger partial charge in [0.15, 0.2) is 0 Å². The van der Waals surface area contributed by atoms with Crippen molar-refractivity contribution in [2.45, 2.75) is 20.9 Å². The molecule has 0 fully saturated rings. The molecule has 0 aliphatic carbocycles. The molecule has 0 saturated heterocycles. The molecule has 3 heterocycles. The van der Waals surface area contributed by atoms with E-state index in [9.17, 15) is 38.4 Å². The number of imidazole rings is 3. The van der Waals surface area contributed by atoms with Crippen LogP contribution < -0.4 is 15.4 Å². The van der Waals surface area contributed by atoms with Crippen LogP contribution in [0.4, 0.5) is 13.2 Å². The summed E-state index contributed by atoms with van der Waals surface area (Å²) in [6.07, 6.45) is 5.95. The number of hydrogen-bond donors (Lipinski definition) is 6. The molecule has 0 aliphatic heterocycles. The Bertz CT molecular complexity index is 4820. The van der Waals surface area contributed by atoms with Gasteiger partial charge in [-0.05, 0) is 130 Å². The van der Waals surface area contributed by atoms with E-state index in [1.807, 2.05) is 109 Å². The van der Waals surface area contributed by atoms with Gasteiger partial charge in [0.05, 0.1) is 53.4 Å². The molecule has 9 N–H and O–H groups in total. The van der Waals surface area contributed by atoms with E-state index in [0.717, 1.165) is 54.9 Å². The van der Waals surface area contributed by atoms with Crippen LogP contribution in [0.25, 0.3) is 103 Å². The van der Waals surface area contributed by atoms with E-state index >= 15 is 0 Å². The summed E-state index contributed by atoms with van der Waals surface area (Å²) in [5, 5.41) is 16.7. The zero-order valence-electron chi connectivity index (χ0n) is 45.2. The molecule has 87 heavy (non-hydrogen) atoms. The normalized spacial score (nSPS) is 12.3. The molecule has 12 rings (SSSR count). The number of halogens is 5. The quantitative estimate of drug-likeness (QED) is 0.0678. The zero-order chi connectivity index (χ0) is 61.7. The number of nitrogens with two attached hydrogens (primary N) is 3.